The number of amides is 1. The molecular formula is C34H37N3O4. The number of hydrogen-bond donors (Lipinski definition) is 3. The van der Waals surface area contributed by atoms with Gasteiger partial charge >= 0.3 is 5.97 Å². The summed E-state index contributed by atoms with van der Waals surface area (Å²) in [7, 11) is 3.62. The van der Waals surface area contributed by atoms with Gasteiger partial charge < -0.3 is 25.4 Å². The summed E-state index contributed by atoms with van der Waals surface area (Å²) < 4.78 is 4.95. The first-order valence-corrected chi connectivity index (χ1v) is 14.7. The van der Waals surface area contributed by atoms with Crippen LogP contribution in [-0.2, 0) is 14.9 Å². The monoisotopic (exact) mass is 551 g/mol. The predicted molar refractivity (Wildman–Crippen MR) is 160 cm³/mol. The lowest BCUT2D eigenvalue weighted by atomic mass is 9.31. The molecule has 4 aliphatic carbocycles. The van der Waals surface area contributed by atoms with Crippen molar-refractivity contribution in [2.45, 2.75) is 43.9 Å². The topological polar surface area (TPSA) is 90.9 Å². The Morgan fingerprint density at radius 2 is 1.63 bits per heavy atom. The zero-order valence-electron chi connectivity index (χ0n) is 23.7. The van der Waals surface area contributed by atoms with Crippen LogP contribution in [0.3, 0.4) is 0 Å². The van der Waals surface area contributed by atoms with Gasteiger partial charge in [-0.1, -0.05) is 12.1 Å². The van der Waals surface area contributed by atoms with Crippen LogP contribution in [0, 0.1) is 23.2 Å². The molecule has 3 aromatic carbocycles. The van der Waals surface area contributed by atoms with Crippen LogP contribution in [0.5, 0.6) is 0 Å². The van der Waals surface area contributed by atoms with Gasteiger partial charge in [0.2, 0.25) is 5.91 Å². The first kappa shape index (κ1) is 26.1. The molecule has 0 saturated heterocycles. The van der Waals surface area contributed by atoms with E-state index in [1.807, 2.05) is 24.3 Å². The van der Waals surface area contributed by atoms with Gasteiger partial charge in [0.25, 0.3) is 0 Å². The quantitative estimate of drug-likeness (QED) is 0.253. The van der Waals surface area contributed by atoms with E-state index in [-0.39, 0.29) is 17.9 Å². The van der Waals surface area contributed by atoms with Gasteiger partial charge in [-0.3, -0.25) is 4.79 Å². The van der Waals surface area contributed by atoms with Crippen molar-refractivity contribution in [3.63, 3.8) is 0 Å². The molecule has 3 N–H and O–H groups in total. The van der Waals surface area contributed by atoms with Crippen molar-refractivity contribution in [3.05, 3.63) is 77.9 Å². The molecule has 7 nitrogen and oxygen atoms in total. The second kappa shape index (κ2) is 9.62. The van der Waals surface area contributed by atoms with Crippen LogP contribution in [-0.4, -0.2) is 37.7 Å². The fourth-order valence-corrected chi connectivity index (χ4v) is 9.10. The Balaban J connectivity index is 1.05. The van der Waals surface area contributed by atoms with Crippen LogP contribution in [0.2, 0.25) is 0 Å². The van der Waals surface area contributed by atoms with Crippen LogP contribution in [0.25, 0.3) is 0 Å². The van der Waals surface area contributed by atoms with E-state index in [1.54, 1.807) is 24.8 Å². The number of nitrogens with zero attached hydrogens (tertiary/aromatic N) is 1. The van der Waals surface area contributed by atoms with Crippen LogP contribution in [0.15, 0.2) is 66.7 Å². The summed E-state index contributed by atoms with van der Waals surface area (Å²) in [6.45, 7) is 0.317. The minimum Gasteiger partial charge on any atom is -0.478 e. The van der Waals surface area contributed by atoms with Crippen LogP contribution >= 0.6 is 0 Å². The summed E-state index contributed by atoms with van der Waals surface area (Å²) in [5, 5.41) is 15.7. The molecule has 0 aromatic heterocycles. The Morgan fingerprint density at radius 1 is 0.927 bits per heavy atom. The van der Waals surface area contributed by atoms with Crippen molar-refractivity contribution in [1.82, 2.24) is 0 Å². The Morgan fingerprint density at radius 3 is 2.29 bits per heavy atom. The van der Waals surface area contributed by atoms with E-state index in [1.165, 1.54) is 38.2 Å². The predicted octanol–water partition coefficient (Wildman–Crippen LogP) is 6.95. The van der Waals surface area contributed by atoms with Crippen LogP contribution < -0.4 is 15.5 Å². The van der Waals surface area contributed by atoms with Crippen molar-refractivity contribution in [2.75, 3.05) is 36.3 Å². The Kier molecular flexibility index (Phi) is 6.12. The second-order valence-electron chi connectivity index (χ2n) is 12.6. The number of carbonyl (C=O) groups excluding carboxylic acids is 1. The van der Waals surface area contributed by atoms with E-state index in [0.717, 1.165) is 34.8 Å². The number of methoxy groups -OCH3 is 1. The largest absolute Gasteiger partial charge is 0.478 e. The lowest BCUT2D eigenvalue weighted by molar-refractivity contribution is -0.198. The van der Waals surface area contributed by atoms with E-state index >= 15 is 0 Å². The SMILES string of the molecule is COCCC(=O)Nc1ccc(C(=O)O)c(Nc2ccc(N(C)c3ccc(C45CC6CC7CC(C4)C75C6)cc3)cc2)c1. The number of benzene rings is 3. The number of anilines is 5. The molecule has 5 atom stereocenters. The van der Waals surface area contributed by atoms with Gasteiger partial charge in [0, 0.05) is 42.3 Å². The van der Waals surface area contributed by atoms with Gasteiger partial charge in [-0.2, -0.15) is 0 Å². The summed E-state index contributed by atoms with van der Waals surface area (Å²) in [6, 6.07) is 22.0. The molecule has 0 radical (unpaired) electrons. The van der Waals surface area contributed by atoms with Gasteiger partial charge in [-0.05, 0) is 115 Å². The Bertz CT molecular complexity index is 1500. The fourth-order valence-electron chi connectivity index (χ4n) is 9.10. The molecule has 0 heterocycles. The second-order valence-corrected chi connectivity index (χ2v) is 12.6. The molecule has 5 unspecified atom stereocenters. The van der Waals surface area contributed by atoms with E-state index in [9.17, 15) is 14.7 Å². The first-order valence-electron chi connectivity index (χ1n) is 14.7. The summed E-state index contributed by atoms with van der Waals surface area (Å²) in [6.07, 6.45) is 7.47. The molecule has 212 valence electrons. The van der Waals surface area contributed by atoms with Crippen molar-refractivity contribution < 1.29 is 19.4 Å². The first-order chi connectivity index (χ1) is 19.8. The average molecular weight is 552 g/mol. The third-order valence-electron chi connectivity index (χ3n) is 10.8. The zero-order chi connectivity index (χ0) is 28.4. The molecule has 0 aliphatic heterocycles. The Labute approximate surface area is 240 Å². The van der Waals surface area contributed by atoms with Gasteiger partial charge in [-0.15, -0.1) is 0 Å². The number of carboxylic acids is 1. The van der Waals surface area contributed by atoms with Crippen molar-refractivity contribution >= 4 is 40.3 Å². The van der Waals surface area contributed by atoms with E-state index in [2.05, 4.69) is 46.8 Å². The smallest absolute Gasteiger partial charge is 0.337 e. The number of fused-ring (bicyclic) bond motifs is 1. The van der Waals surface area contributed by atoms with Crippen LogP contribution in [0.1, 0.15) is 54.4 Å². The summed E-state index contributed by atoms with van der Waals surface area (Å²) in [5.41, 5.74) is 6.66. The summed E-state index contributed by atoms with van der Waals surface area (Å²) in [5.74, 6) is 1.70. The average Bonchev–Trinajstić information content (AvgIpc) is 3.46. The molecule has 4 fully saturated rings. The third kappa shape index (κ3) is 3.96. The van der Waals surface area contributed by atoms with Crippen LogP contribution in [0.4, 0.5) is 28.4 Å². The minimum absolute atomic E-state index is 0.127. The molecule has 41 heavy (non-hydrogen) atoms. The molecule has 3 aromatic rings. The highest BCUT2D eigenvalue weighted by Crippen LogP contribution is 2.86. The normalized spacial score (nSPS) is 28.3. The van der Waals surface area contributed by atoms with E-state index in [4.69, 9.17) is 4.74 Å². The van der Waals surface area contributed by atoms with E-state index in [0.29, 0.717) is 28.8 Å². The zero-order valence-corrected chi connectivity index (χ0v) is 23.7. The highest BCUT2D eigenvalue weighted by Gasteiger charge is 2.80. The molecular weight excluding hydrogens is 514 g/mol. The number of carboxylic acid groups (broad SMARTS) is 1. The number of nitrogens with one attached hydrogen (secondary N) is 2. The molecule has 1 spiro atoms. The summed E-state index contributed by atoms with van der Waals surface area (Å²) >= 11 is 0. The number of rotatable bonds is 10. The number of ether oxygens (including phenoxy) is 1. The molecule has 1 amide bonds. The molecule has 2 bridgehead atoms. The van der Waals surface area contributed by atoms with E-state index < -0.39 is 5.97 Å². The standard InChI is InChI=1S/C34H37N3O4/c1-37(27-8-3-22(4-9-27)33-18-21-15-23-16-24(20-33)34(23,33)19-21)28-10-5-25(6-11-28)35-30-17-26(7-12-29(30)32(39)40)36-31(38)13-14-41-2/h3-12,17,21,23-24,35H,13-16,18-20H2,1-2H3,(H,36,38)(H,39,40). The van der Waals surface area contributed by atoms with Crippen molar-refractivity contribution in [1.29, 1.82) is 0 Å². The highest BCUT2D eigenvalue weighted by molar-refractivity contribution is 5.98. The maximum absolute atomic E-state index is 12.1. The van der Waals surface area contributed by atoms with Gasteiger partial charge in [0.05, 0.1) is 24.3 Å². The molecule has 7 rings (SSSR count). The number of hydrogen-bond acceptors (Lipinski definition) is 5. The molecule has 4 aliphatic rings. The lowest BCUT2D eigenvalue weighted by Crippen LogP contribution is -2.68. The number of carbonyl (C=O) groups is 2. The van der Waals surface area contributed by atoms with Crippen molar-refractivity contribution in [3.8, 4) is 0 Å². The summed E-state index contributed by atoms with van der Waals surface area (Å²) in [4.78, 5) is 26.1. The third-order valence-corrected chi connectivity index (χ3v) is 10.8. The maximum atomic E-state index is 12.1. The Hall–Kier alpha value is -3.84. The lowest BCUT2D eigenvalue weighted by Gasteiger charge is -2.73. The van der Waals surface area contributed by atoms with Gasteiger partial charge in [0.1, 0.15) is 0 Å². The van der Waals surface area contributed by atoms with Gasteiger partial charge in [0.15, 0.2) is 0 Å². The molecule has 4 saturated carbocycles. The fraction of sp³-hybridized carbons (Fsp3) is 0.412. The highest BCUT2D eigenvalue weighted by atomic mass is 16.5. The number of aromatic carboxylic acids is 1. The minimum atomic E-state index is -1.04. The maximum Gasteiger partial charge on any atom is 0.337 e. The molecule has 7 heteroatoms. The van der Waals surface area contributed by atoms with Crippen molar-refractivity contribution in [2.24, 2.45) is 23.2 Å². The van der Waals surface area contributed by atoms with Gasteiger partial charge in [-0.25, -0.2) is 4.79 Å².